The molecule has 3 aromatic rings. The Morgan fingerprint density at radius 1 is 1.03 bits per heavy atom. The van der Waals surface area contributed by atoms with Crippen LogP contribution in [0.5, 0.6) is 6.01 Å². The highest BCUT2D eigenvalue weighted by Gasteiger charge is 2.19. The van der Waals surface area contributed by atoms with Crippen LogP contribution in [0.15, 0.2) is 29.0 Å². The van der Waals surface area contributed by atoms with E-state index in [0.717, 1.165) is 11.1 Å². The van der Waals surface area contributed by atoms with Crippen LogP contribution in [0.4, 0.5) is 10.6 Å². The molecule has 0 atom stereocenters. The number of esters is 1. The molecule has 0 spiro atoms. The van der Waals surface area contributed by atoms with Crippen molar-refractivity contribution in [2.45, 2.75) is 72.1 Å². The lowest BCUT2D eigenvalue weighted by atomic mass is 10.1. The molecular weight excluding hydrogens is 556 g/mol. The van der Waals surface area contributed by atoms with Crippen molar-refractivity contribution >= 4 is 45.0 Å². The Kier molecular flexibility index (Phi) is 9.18. The largest absolute Gasteiger partial charge is 0.463 e. The van der Waals surface area contributed by atoms with Gasteiger partial charge in [0.25, 0.3) is 0 Å². The molecule has 0 aliphatic carbocycles. The summed E-state index contributed by atoms with van der Waals surface area (Å²) in [6.45, 7) is 12.0. The second-order valence-electron chi connectivity index (χ2n) is 10.7. The Hall–Kier alpha value is -3.41. The minimum atomic E-state index is -0.558. The fourth-order valence-electron chi connectivity index (χ4n) is 3.48. The van der Waals surface area contributed by atoms with E-state index in [0.29, 0.717) is 35.4 Å². The molecule has 12 heteroatoms. The van der Waals surface area contributed by atoms with Gasteiger partial charge in [0.15, 0.2) is 21.7 Å². The van der Waals surface area contributed by atoms with E-state index in [1.807, 2.05) is 49.6 Å². The molecule has 0 aliphatic rings. The van der Waals surface area contributed by atoms with Crippen molar-refractivity contribution in [3.8, 4) is 6.01 Å². The number of ether oxygens (including phenoxy) is 3. The van der Waals surface area contributed by atoms with E-state index in [-0.39, 0.29) is 30.8 Å². The SMILES string of the molecule is CC(C)(C)OC(=O)Cc1cccc(Cn2c(Br)nc3c(N)nc(OCCCNC(=O)OC(C)(C)C)nc32)c1. The Balaban J connectivity index is 1.67. The molecule has 1 amide bonds. The number of rotatable bonds is 9. The van der Waals surface area contributed by atoms with Gasteiger partial charge in [0.1, 0.15) is 11.2 Å². The van der Waals surface area contributed by atoms with Gasteiger partial charge in [-0.15, -0.1) is 0 Å². The van der Waals surface area contributed by atoms with Crippen molar-refractivity contribution in [3.05, 3.63) is 40.1 Å². The van der Waals surface area contributed by atoms with Gasteiger partial charge < -0.3 is 25.3 Å². The van der Waals surface area contributed by atoms with Gasteiger partial charge in [-0.2, -0.15) is 9.97 Å². The molecule has 11 nitrogen and oxygen atoms in total. The van der Waals surface area contributed by atoms with Gasteiger partial charge >= 0.3 is 18.1 Å². The first-order valence-corrected chi connectivity index (χ1v) is 13.1. The summed E-state index contributed by atoms with van der Waals surface area (Å²) in [6.07, 6.45) is 0.212. The minimum absolute atomic E-state index is 0.111. The van der Waals surface area contributed by atoms with Gasteiger partial charge in [-0.3, -0.25) is 9.36 Å². The lowest BCUT2D eigenvalue weighted by Gasteiger charge is -2.19. The van der Waals surface area contributed by atoms with E-state index in [2.05, 4.69) is 36.2 Å². The van der Waals surface area contributed by atoms with Crippen LogP contribution in [-0.2, 0) is 27.2 Å². The second-order valence-corrected chi connectivity index (χ2v) is 11.5. The smallest absolute Gasteiger partial charge is 0.407 e. The first-order valence-electron chi connectivity index (χ1n) is 12.3. The summed E-state index contributed by atoms with van der Waals surface area (Å²) in [6, 6.07) is 7.79. The number of hydrogen-bond acceptors (Lipinski definition) is 9. The fourth-order valence-corrected chi connectivity index (χ4v) is 3.95. The molecule has 3 N–H and O–H groups in total. The number of benzene rings is 1. The van der Waals surface area contributed by atoms with Crippen LogP contribution in [0.25, 0.3) is 11.2 Å². The Morgan fingerprint density at radius 2 is 1.71 bits per heavy atom. The minimum Gasteiger partial charge on any atom is -0.463 e. The van der Waals surface area contributed by atoms with E-state index in [1.54, 1.807) is 20.8 Å². The van der Waals surface area contributed by atoms with Crippen molar-refractivity contribution in [1.82, 2.24) is 24.8 Å². The number of nitrogens with one attached hydrogen (secondary N) is 1. The highest BCUT2D eigenvalue weighted by atomic mass is 79.9. The zero-order valence-corrected chi connectivity index (χ0v) is 24.2. The van der Waals surface area contributed by atoms with E-state index in [1.165, 1.54) is 0 Å². The van der Waals surface area contributed by atoms with Crippen LogP contribution in [0, 0.1) is 0 Å². The van der Waals surface area contributed by atoms with Crippen LogP contribution in [0.2, 0.25) is 0 Å². The quantitative estimate of drug-likeness (QED) is 0.210. The van der Waals surface area contributed by atoms with Crippen molar-refractivity contribution in [2.24, 2.45) is 0 Å². The molecule has 0 unspecified atom stereocenters. The average Bonchev–Trinajstić information content (AvgIpc) is 3.07. The molecule has 0 fully saturated rings. The third kappa shape index (κ3) is 8.86. The molecule has 0 saturated heterocycles. The molecule has 0 bridgehead atoms. The summed E-state index contributed by atoms with van der Waals surface area (Å²) in [5.74, 6) is -0.0949. The highest BCUT2D eigenvalue weighted by molar-refractivity contribution is 9.10. The summed E-state index contributed by atoms with van der Waals surface area (Å²) >= 11 is 3.49. The second kappa shape index (κ2) is 12.0. The van der Waals surface area contributed by atoms with E-state index in [9.17, 15) is 9.59 Å². The number of carbonyl (C=O) groups is 2. The topological polar surface area (TPSA) is 143 Å². The predicted molar refractivity (Wildman–Crippen MR) is 147 cm³/mol. The number of hydrogen-bond donors (Lipinski definition) is 2. The zero-order chi connectivity index (χ0) is 28.1. The molecule has 2 aromatic heterocycles. The van der Waals surface area contributed by atoms with Crippen molar-refractivity contribution in [3.63, 3.8) is 0 Å². The molecule has 0 radical (unpaired) electrons. The normalized spacial score (nSPS) is 11.9. The third-order valence-corrected chi connectivity index (χ3v) is 5.48. The maximum absolute atomic E-state index is 12.3. The van der Waals surface area contributed by atoms with Crippen LogP contribution < -0.4 is 15.8 Å². The summed E-state index contributed by atoms with van der Waals surface area (Å²) < 4.78 is 18.7. The fraction of sp³-hybridized carbons (Fsp3) is 0.500. The van der Waals surface area contributed by atoms with Crippen LogP contribution in [0.3, 0.4) is 0 Å². The number of nitrogens with two attached hydrogens (primary N) is 1. The number of alkyl carbamates (subject to hydrolysis) is 1. The number of amides is 1. The molecule has 0 aliphatic heterocycles. The maximum Gasteiger partial charge on any atom is 0.407 e. The molecule has 38 heavy (non-hydrogen) atoms. The van der Waals surface area contributed by atoms with Crippen LogP contribution >= 0.6 is 15.9 Å². The number of aromatic nitrogens is 4. The van der Waals surface area contributed by atoms with Gasteiger partial charge in [-0.05, 0) is 75.0 Å². The van der Waals surface area contributed by atoms with Gasteiger partial charge in [-0.25, -0.2) is 9.78 Å². The van der Waals surface area contributed by atoms with E-state index < -0.39 is 17.3 Å². The molecule has 1 aromatic carbocycles. The summed E-state index contributed by atoms with van der Waals surface area (Å²) in [4.78, 5) is 37.2. The number of nitrogen functional groups attached to an aromatic ring is 1. The highest BCUT2D eigenvalue weighted by Crippen LogP contribution is 2.26. The maximum atomic E-state index is 12.3. The molecule has 3 rings (SSSR count). The summed E-state index contributed by atoms with van der Waals surface area (Å²) in [5, 5.41) is 2.68. The predicted octanol–water partition coefficient (Wildman–Crippen LogP) is 4.40. The first kappa shape index (κ1) is 29.2. The summed E-state index contributed by atoms with van der Waals surface area (Å²) in [5.41, 5.74) is 7.78. The van der Waals surface area contributed by atoms with Crippen LogP contribution in [-0.4, -0.2) is 55.9 Å². The standard InChI is InChI=1S/C26H35BrN6O5/c1-25(2,3)37-18(34)14-16-9-7-10-17(13-16)15-33-21-19(30-22(33)27)20(28)31-23(32-21)36-12-8-11-29-24(35)38-26(4,5)6/h7,9-10,13H,8,11-12,14-15H2,1-6H3,(H,29,35)(H2,28,31,32). The number of nitrogens with zero attached hydrogens (tertiary/aromatic N) is 4. The zero-order valence-electron chi connectivity index (χ0n) is 22.6. The average molecular weight is 592 g/mol. The van der Waals surface area contributed by atoms with Gasteiger partial charge in [0.2, 0.25) is 0 Å². The Bertz CT molecular complexity index is 1300. The lowest BCUT2D eigenvalue weighted by Crippen LogP contribution is -2.33. The third-order valence-electron chi connectivity index (χ3n) is 4.88. The number of fused-ring (bicyclic) bond motifs is 1. The number of halogens is 1. The number of anilines is 1. The van der Waals surface area contributed by atoms with Gasteiger partial charge in [0.05, 0.1) is 19.6 Å². The van der Waals surface area contributed by atoms with Gasteiger partial charge in [-0.1, -0.05) is 24.3 Å². The first-order chi connectivity index (χ1) is 17.7. The molecule has 206 valence electrons. The monoisotopic (exact) mass is 590 g/mol. The summed E-state index contributed by atoms with van der Waals surface area (Å²) in [7, 11) is 0. The molecular formula is C26H35BrN6O5. The van der Waals surface area contributed by atoms with Gasteiger partial charge in [0, 0.05) is 6.54 Å². The number of carbonyl (C=O) groups excluding carboxylic acids is 2. The van der Waals surface area contributed by atoms with Crippen molar-refractivity contribution < 1.29 is 23.8 Å². The van der Waals surface area contributed by atoms with Crippen molar-refractivity contribution in [2.75, 3.05) is 18.9 Å². The van der Waals surface area contributed by atoms with E-state index >= 15 is 0 Å². The molecule has 0 saturated carbocycles. The van der Waals surface area contributed by atoms with E-state index in [4.69, 9.17) is 19.9 Å². The lowest BCUT2D eigenvalue weighted by molar-refractivity contribution is -0.153. The molecule has 2 heterocycles. The van der Waals surface area contributed by atoms with Crippen LogP contribution in [0.1, 0.15) is 59.1 Å². The Labute approximate surface area is 230 Å². The Morgan fingerprint density at radius 3 is 2.39 bits per heavy atom. The van der Waals surface area contributed by atoms with Crippen molar-refractivity contribution in [1.29, 1.82) is 0 Å². The number of imidazole rings is 1.